The molecule has 0 aromatic carbocycles. The summed E-state index contributed by atoms with van der Waals surface area (Å²) in [6.45, 7) is 3.36. The lowest BCUT2D eigenvalue weighted by Gasteiger charge is -2.27. The Morgan fingerprint density at radius 1 is 1.68 bits per heavy atom. The summed E-state index contributed by atoms with van der Waals surface area (Å²) in [6, 6.07) is 0. The van der Waals surface area contributed by atoms with Crippen molar-refractivity contribution < 1.29 is 14.4 Å². The Balaban J connectivity index is 2.61. The number of rotatable bonds is 8. The number of quaternary nitrogens is 1. The van der Waals surface area contributed by atoms with Crippen LogP contribution >= 0.6 is 0 Å². The first kappa shape index (κ1) is 15.0. The highest BCUT2D eigenvalue weighted by Gasteiger charge is 2.30. The van der Waals surface area contributed by atoms with Crippen LogP contribution in [0.1, 0.15) is 19.8 Å². The van der Waals surface area contributed by atoms with Crippen LogP contribution in [0.4, 0.5) is 0 Å². The number of unbranched alkanes of at least 4 members (excludes halogenated alkanes) is 1. The first-order chi connectivity index (χ1) is 9.17. The number of hydrogen-bond donors (Lipinski definition) is 3. The maximum Gasteiger partial charge on any atom is 0.251 e. The van der Waals surface area contributed by atoms with Gasteiger partial charge in [0.25, 0.3) is 5.91 Å². The summed E-state index contributed by atoms with van der Waals surface area (Å²) in [5.41, 5.74) is 7.34. The zero-order valence-electron chi connectivity index (χ0n) is 11.1. The van der Waals surface area contributed by atoms with Gasteiger partial charge in [-0.2, -0.15) is 10.5 Å². The lowest BCUT2D eigenvalue weighted by molar-refractivity contribution is -1.06. The monoisotopic (exact) mass is 266 g/mol. The Labute approximate surface area is 112 Å². The summed E-state index contributed by atoms with van der Waals surface area (Å²) in [7, 11) is 0. The quantitative estimate of drug-likeness (QED) is 0.205. The minimum Gasteiger partial charge on any atom is -0.352 e. The number of hydroxylamine groups is 3. The van der Waals surface area contributed by atoms with Crippen LogP contribution in [-0.2, 0) is 9.73 Å². The molecule has 0 spiro atoms. The van der Waals surface area contributed by atoms with Crippen molar-refractivity contribution in [2.45, 2.75) is 19.8 Å². The molecule has 0 bridgehead atoms. The van der Waals surface area contributed by atoms with E-state index >= 15 is 0 Å². The SMILES string of the molecule is CCCCNC(=O)C1=CC[N+](CC=N)(ON=N)C=C1. The highest BCUT2D eigenvalue weighted by atomic mass is 16.8. The van der Waals surface area contributed by atoms with Crippen molar-refractivity contribution in [3.8, 4) is 0 Å². The molecule has 1 heterocycles. The number of carbonyl (C=O) groups excluding carboxylic acids is 1. The first-order valence-electron chi connectivity index (χ1n) is 6.26. The van der Waals surface area contributed by atoms with Gasteiger partial charge in [-0.05, 0) is 12.5 Å². The van der Waals surface area contributed by atoms with Gasteiger partial charge in [0, 0.05) is 18.2 Å². The summed E-state index contributed by atoms with van der Waals surface area (Å²) in [5, 5.41) is 12.9. The van der Waals surface area contributed by atoms with E-state index in [0.717, 1.165) is 12.8 Å². The van der Waals surface area contributed by atoms with Gasteiger partial charge >= 0.3 is 0 Å². The van der Waals surface area contributed by atoms with Crippen LogP contribution in [0.5, 0.6) is 0 Å². The first-order valence-corrected chi connectivity index (χ1v) is 6.26. The van der Waals surface area contributed by atoms with E-state index in [2.05, 4.69) is 17.5 Å². The maximum atomic E-state index is 11.8. The third-order valence-electron chi connectivity index (χ3n) is 2.83. The molecule has 0 aliphatic carbocycles. The van der Waals surface area contributed by atoms with Crippen molar-refractivity contribution >= 4 is 12.1 Å². The van der Waals surface area contributed by atoms with Crippen LogP contribution in [0.15, 0.2) is 29.2 Å². The van der Waals surface area contributed by atoms with Gasteiger partial charge in [0.2, 0.25) is 0 Å². The molecular formula is C12H20N5O2+. The highest BCUT2D eigenvalue weighted by molar-refractivity contribution is 5.96. The van der Waals surface area contributed by atoms with E-state index in [1.54, 1.807) is 18.4 Å². The molecule has 0 aromatic heterocycles. The minimum absolute atomic E-state index is 0.0985. The van der Waals surface area contributed by atoms with E-state index in [1.807, 2.05) is 0 Å². The van der Waals surface area contributed by atoms with Crippen molar-refractivity contribution in [3.05, 3.63) is 23.9 Å². The average Bonchev–Trinajstić information content (AvgIpc) is 2.40. The second kappa shape index (κ2) is 7.42. The second-order valence-corrected chi connectivity index (χ2v) is 4.28. The molecule has 1 rings (SSSR count). The van der Waals surface area contributed by atoms with Crippen molar-refractivity contribution in [1.82, 2.24) is 5.32 Å². The molecule has 1 aliphatic heterocycles. The summed E-state index contributed by atoms with van der Waals surface area (Å²) in [6.07, 6.45) is 8.19. The summed E-state index contributed by atoms with van der Waals surface area (Å²) >= 11 is 0. The fourth-order valence-electron chi connectivity index (χ4n) is 1.71. The Kier molecular flexibility index (Phi) is 5.87. The summed E-state index contributed by atoms with van der Waals surface area (Å²) in [5.74, 6) is -0.111. The largest absolute Gasteiger partial charge is 0.352 e. The standard InChI is InChI=1S/C12H19N5O2/c1-2-3-7-15-12(18)11-4-8-17(9-5-11,10-6-13)19-16-14/h4-6,8,13-14H,2-3,7,9-10H2,1H3/p+1. The predicted octanol–water partition coefficient (Wildman–Crippen LogP) is 1.70. The molecule has 0 radical (unpaired) electrons. The number of amides is 1. The zero-order valence-corrected chi connectivity index (χ0v) is 11.1. The van der Waals surface area contributed by atoms with Gasteiger partial charge in [0.1, 0.15) is 12.7 Å². The number of hydrogen-bond acceptors (Lipinski definition) is 5. The molecule has 0 aromatic rings. The minimum atomic E-state index is -0.111. The zero-order chi connectivity index (χ0) is 14.1. The Morgan fingerprint density at radius 2 is 2.47 bits per heavy atom. The second-order valence-electron chi connectivity index (χ2n) is 4.28. The Hall–Kier alpha value is -2.02. The van der Waals surface area contributed by atoms with Crippen LogP contribution in [0.25, 0.3) is 0 Å². The molecule has 1 amide bonds. The molecule has 104 valence electrons. The van der Waals surface area contributed by atoms with Crippen molar-refractivity contribution in [3.63, 3.8) is 0 Å². The van der Waals surface area contributed by atoms with Gasteiger partial charge in [0.15, 0.2) is 6.54 Å². The van der Waals surface area contributed by atoms with Crippen molar-refractivity contribution in [1.29, 1.82) is 10.9 Å². The maximum absolute atomic E-state index is 11.8. The molecule has 7 nitrogen and oxygen atoms in total. The normalized spacial score (nSPS) is 21.4. The van der Waals surface area contributed by atoms with E-state index in [1.165, 1.54) is 6.21 Å². The number of nitrogens with zero attached hydrogens (tertiary/aromatic N) is 2. The average molecular weight is 266 g/mol. The highest BCUT2D eigenvalue weighted by Crippen LogP contribution is 2.17. The molecule has 3 N–H and O–H groups in total. The summed E-state index contributed by atoms with van der Waals surface area (Å²) in [4.78, 5) is 16.8. The van der Waals surface area contributed by atoms with Gasteiger partial charge in [0.05, 0.1) is 11.5 Å². The smallest absolute Gasteiger partial charge is 0.251 e. The van der Waals surface area contributed by atoms with Crippen LogP contribution in [0.2, 0.25) is 0 Å². The number of carbonyl (C=O) groups is 1. The topological polar surface area (TPSA) is 98.4 Å². The molecule has 0 saturated heterocycles. The van der Waals surface area contributed by atoms with E-state index in [-0.39, 0.29) is 17.1 Å². The molecule has 1 unspecified atom stereocenters. The lowest BCUT2D eigenvalue weighted by atomic mass is 10.1. The van der Waals surface area contributed by atoms with Gasteiger partial charge in [-0.1, -0.05) is 18.0 Å². The van der Waals surface area contributed by atoms with Gasteiger partial charge in [-0.15, -0.1) is 0 Å². The Bertz CT molecular complexity index is 393. The molecular weight excluding hydrogens is 246 g/mol. The van der Waals surface area contributed by atoms with E-state index < -0.39 is 0 Å². The molecule has 0 fully saturated rings. The Morgan fingerprint density at radius 3 is 3.00 bits per heavy atom. The molecule has 1 atom stereocenters. The summed E-state index contributed by atoms with van der Waals surface area (Å²) < 4.78 is -0.0985. The number of nitrogens with one attached hydrogen (secondary N) is 3. The fraction of sp³-hybridized carbons (Fsp3) is 0.500. The van der Waals surface area contributed by atoms with Gasteiger partial charge < -0.3 is 10.7 Å². The molecule has 1 aliphatic rings. The van der Waals surface area contributed by atoms with Crippen molar-refractivity contribution in [2.75, 3.05) is 19.6 Å². The van der Waals surface area contributed by atoms with E-state index in [4.69, 9.17) is 15.9 Å². The van der Waals surface area contributed by atoms with Crippen LogP contribution in [0.3, 0.4) is 0 Å². The van der Waals surface area contributed by atoms with Crippen LogP contribution in [-0.4, -0.2) is 36.4 Å². The van der Waals surface area contributed by atoms with Crippen molar-refractivity contribution in [2.24, 2.45) is 5.28 Å². The van der Waals surface area contributed by atoms with Crippen LogP contribution < -0.4 is 5.32 Å². The molecule has 0 saturated carbocycles. The third kappa shape index (κ3) is 4.29. The van der Waals surface area contributed by atoms with Gasteiger partial charge in [-0.25, -0.2) is 0 Å². The lowest BCUT2D eigenvalue weighted by Crippen LogP contribution is -2.44. The molecule has 7 heteroatoms. The van der Waals surface area contributed by atoms with E-state index in [9.17, 15) is 4.79 Å². The fourth-order valence-corrected chi connectivity index (χ4v) is 1.71. The third-order valence-corrected chi connectivity index (χ3v) is 2.83. The van der Waals surface area contributed by atoms with Crippen LogP contribution in [0, 0.1) is 10.9 Å². The predicted molar refractivity (Wildman–Crippen MR) is 70.2 cm³/mol. The van der Waals surface area contributed by atoms with Gasteiger partial charge in [-0.3, -0.25) is 4.79 Å². The van der Waals surface area contributed by atoms with E-state index in [0.29, 0.717) is 18.7 Å². The molecule has 19 heavy (non-hydrogen) atoms.